The average Bonchev–Trinajstić information content (AvgIpc) is 2.34. The number of aromatic nitrogens is 2. The van der Waals surface area contributed by atoms with Gasteiger partial charge >= 0.3 is 0 Å². The largest absolute Gasteiger partial charge is 0.349 e. The van der Waals surface area contributed by atoms with Crippen LogP contribution in [-0.4, -0.2) is 35.8 Å². The maximum Gasteiger partial charge on any atom is 0.148 e. The predicted molar refractivity (Wildman–Crippen MR) is 51.6 cm³/mol. The van der Waals surface area contributed by atoms with E-state index in [-0.39, 0.29) is 5.75 Å². The molecular weight excluding hydrogens is 212 g/mol. The molecule has 1 aromatic heterocycles. The Hall–Kier alpha value is -0.550. The molecule has 1 rings (SSSR count). The molecule has 1 unspecified atom stereocenters. The molecule has 0 aromatic carbocycles. The average molecular weight is 223 g/mol. The minimum atomic E-state index is -3.00. The Morgan fingerprint density at radius 2 is 2.38 bits per heavy atom. The first-order valence-corrected chi connectivity index (χ1v) is 6.27. The number of imidazole rings is 1. The van der Waals surface area contributed by atoms with E-state index in [1.54, 1.807) is 12.4 Å². The van der Waals surface area contributed by atoms with Crippen molar-refractivity contribution in [3.63, 3.8) is 0 Å². The topological polar surface area (TPSA) is 62.8 Å². The number of aromatic amines is 1. The fourth-order valence-corrected chi connectivity index (χ4v) is 2.61. The fourth-order valence-electron chi connectivity index (χ4n) is 1.01. The zero-order chi connectivity index (χ0) is 9.90. The van der Waals surface area contributed by atoms with Gasteiger partial charge in [-0.1, -0.05) is 0 Å². The normalized spacial score (nSPS) is 14.3. The second kappa shape index (κ2) is 4.11. The number of hydrogen-bond donors (Lipinski definition) is 1. The molecule has 13 heavy (non-hydrogen) atoms. The van der Waals surface area contributed by atoms with Crippen molar-refractivity contribution in [3.8, 4) is 0 Å². The van der Waals surface area contributed by atoms with Crippen LogP contribution in [0.4, 0.5) is 0 Å². The van der Waals surface area contributed by atoms with Crippen molar-refractivity contribution < 1.29 is 8.42 Å². The van der Waals surface area contributed by atoms with Crippen molar-refractivity contribution in [2.75, 3.05) is 12.0 Å². The summed E-state index contributed by atoms with van der Waals surface area (Å²) < 4.78 is 21.7. The molecule has 74 valence electrons. The highest BCUT2D eigenvalue weighted by atomic mass is 35.5. The molecule has 0 bridgehead atoms. The van der Waals surface area contributed by atoms with Crippen molar-refractivity contribution in [1.29, 1.82) is 0 Å². The molecule has 1 N–H and O–H groups in total. The summed E-state index contributed by atoms with van der Waals surface area (Å²) in [6.07, 6.45) is 4.91. The molecule has 0 saturated carbocycles. The van der Waals surface area contributed by atoms with Crippen LogP contribution in [0.1, 0.15) is 5.82 Å². The van der Waals surface area contributed by atoms with E-state index in [0.29, 0.717) is 12.2 Å². The lowest BCUT2D eigenvalue weighted by Gasteiger charge is -2.04. The highest BCUT2D eigenvalue weighted by Gasteiger charge is 2.13. The third-order valence-corrected chi connectivity index (χ3v) is 2.95. The number of alkyl halides is 1. The van der Waals surface area contributed by atoms with Gasteiger partial charge in [0.2, 0.25) is 0 Å². The molecule has 0 aliphatic heterocycles. The first-order chi connectivity index (χ1) is 5.97. The summed E-state index contributed by atoms with van der Waals surface area (Å²) in [5, 5.41) is -0.416. The third-order valence-electron chi connectivity index (χ3n) is 1.45. The van der Waals surface area contributed by atoms with Gasteiger partial charge < -0.3 is 4.98 Å². The molecule has 1 atom stereocenters. The van der Waals surface area contributed by atoms with Gasteiger partial charge in [0.05, 0.1) is 11.1 Å². The van der Waals surface area contributed by atoms with Crippen LogP contribution in [0.15, 0.2) is 12.4 Å². The molecule has 0 amide bonds. The van der Waals surface area contributed by atoms with E-state index in [9.17, 15) is 8.42 Å². The van der Waals surface area contributed by atoms with Gasteiger partial charge in [0.25, 0.3) is 0 Å². The number of rotatable bonds is 4. The molecule has 0 fully saturated rings. The van der Waals surface area contributed by atoms with E-state index < -0.39 is 15.2 Å². The van der Waals surface area contributed by atoms with E-state index in [0.717, 1.165) is 0 Å². The second-order valence-corrected chi connectivity index (χ2v) is 5.73. The zero-order valence-corrected chi connectivity index (χ0v) is 8.77. The van der Waals surface area contributed by atoms with Crippen molar-refractivity contribution >= 4 is 21.4 Å². The Bertz CT molecular complexity index is 347. The van der Waals surface area contributed by atoms with Crippen molar-refractivity contribution in [2.45, 2.75) is 11.8 Å². The molecule has 0 radical (unpaired) electrons. The summed E-state index contributed by atoms with van der Waals surface area (Å²) in [5.41, 5.74) is 0. The zero-order valence-electron chi connectivity index (χ0n) is 7.20. The Morgan fingerprint density at radius 3 is 2.85 bits per heavy atom. The summed E-state index contributed by atoms with van der Waals surface area (Å²) in [5.74, 6) is 0.693. The van der Waals surface area contributed by atoms with Crippen LogP contribution < -0.4 is 0 Å². The quantitative estimate of drug-likeness (QED) is 0.760. The molecule has 0 spiro atoms. The first-order valence-electron chi connectivity index (χ1n) is 3.77. The van der Waals surface area contributed by atoms with E-state index >= 15 is 0 Å². The van der Waals surface area contributed by atoms with Crippen molar-refractivity contribution in [3.05, 3.63) is 18.2 Å². The molecule has 1 aromatic rings. The highest BCUT2D eigenvalue weighted by molar-refractivity contribution is 7.90. The monoisotopic (exact) mass is 222 g/mol. The summed E-state index contributed by atoms with van der Waals surface area (Å²) in [6, 6.07) is 0. The summed E-state index contributed by atoms with van der Waals surface area (Å²) in [6.45, 7) is 0. The lowest BCUT2D eigenvalue weighted by molar-refractivity contribution is 0.599. The Balaban J connectivity index is 2.47. The smallest absolute Gasteiger partial charge is 0.148 e. The van der Waals surface area contributed by atoms with Crippen LogP contribution in [0, 0.1) is 0 Å². The van der Waals surface area contributed by atoms with Crippen LogP contribution in [0.2, 0.25) is 0 Å². The van der Waals surface area contributed by atoms with E-state index in [2.05, 4.69) is 9.97 Å². The number of sulfone groups is 1. The maximum atomic E-state index is 10.9. The van der Waals surface area contributed by atoms with Crippen LogP contribution in [-0.2, 0) is 16.3 Å². The van der Waals surface area contributed by atoms with Gasteiger partial charge in [-0.3, -0.25) is 0 Å². The van der Waals surface area contributed by atoms with E-state index in [4.69, 9.17) is 11.6 Å². The van der Waals surface area contributed by atoms with Crippen LogP contribution in [0.5, 0.6) is 0 Å². The first kappa shape index (κ1) is 10.5. The molecule has 1 heterocycles. The molecule has 6 heteroatoms. The van der Waals surface area contributed by atoms with Gasteiger partial charge in [-0.2, -0.15) is 0 Å². The van der Waals surface area contributed by atoms with Gasteiger partial charge in [0.1, 0.15) is 15.7 Å². The molecule has 0 saturated heterocycles. The number of H-pyrrole nitrogens is 1. The molecule has 0 aliphatic rings. The molecular formula is C7H11ClN2O2S. The third kappa shape index (κ3) is 4.28. The molecule has 4 nitrogen and oxygen atoms in total. The lowest BCUT2D eigenvalue weighted by atomic mass is 10.3. The maximum absolute atomic E-state index is 10.9. The van der Waals surface area contributed by atoms with Gasteiger partial charge in [-0.05, 0) is 0 Å². The summed E-state index contributed by atoms with van der Waals surface area (Å²) >= 11 is 5.82. The molecule has 0 aliphatic carbocycles. The Kier molecular flexibility index (Phi) is 3.33. The van der Waals surface area contributed by atoms with Gasteiger partial charge in [-0.15, -0.1) is 11.6 Å². The number of hydrogen-bond acceptors (Lipinski definition) is 3. The van der Waals surface area contributed by atoms with Crippen LogP contribution in [0.25, 0.3) is 0 Å². The minimum Gasteiger partial charge on any atom is -0.349 e. The van der Waals surface area contributed by atoms with Crippen molar-refractivity contribution in [1.82, 2.24) is 9.97 Å². The van der Waals surface area contributed by atoms with E-state index in [1.165, 1.54) is 6.26 Å². The SMILES string of the molecule is CS(=O)(=O)CC(Cl)Cc1ncc[nH]1. The Morgan fingerprint density at radius 1 is 1.69 bits per heavy atom. The van der Waals surface area contributed by atoms with E-state index in [1.807, 2.05) is 0 Å². The second-order valence-electron chi connectivity index (χ2n) is 2.93. The number of halogens is 1. The highest BCUT2D eigenvalue weighted by Crippen LogP contribution is 2.06. The standard InChI is InChI=1S/C7H11ClN2O2S/c1-13(11,12)5-6(8)4-7-9-2-3-10-7/h2-3,6H,4-5H2,1H3,(H,9,10). The van der Waals surface area contributed by atoms with Crippen molar-refractivity contribution in [2.24, 2.45) is 0 Å². The van der Waals surface area contributed by atoms with Gasteiger partial charge in [0, 0.05) is 25.1 Å². The lowest BCUT2D eigenvalue weighted by Crippen LogP contribution is -2.17. The minimum absolute atomic E-state index is 0.0186. The Labute approximate surface area is 82.2 Å². The number of nitrogens with zero attached hydrogens (tertiary/aromatic N) is 1. The van der Waals surface area contributed by atoms with Crippen LogP contribution >= 0.6 is 11.6 Å². The summed E-state index contributed by atoms with van der Waals surface area (Å²) in [4.78, 5) is 6.81. The fraction of sp³-hybridized carbons (Fsp3) is 0.571. The summed E-state index contributed by atoms with van der Waals surface area (Å²) in [7, 11) is -3.00. The van der Waals surface area contributed by atoms with Gasteiger partial charge in [-0.25, -0.2) is 13.4 Å². The van der Waals surface area contributed by atoms with Gasteiger partial charge in [0.15, 0.2) is 0 Å². The van der Waals surface area contributed by atoms with Crippen LogP contribution in [0.3, 0.4) is 0 Å². The number of nitrogens with one attached hydrogen (secondary N) is 1. The predicted octanol–water partition coefficient (Wildman–Crippen LogP) is 0.604.